The normalized spacial score (nSPS) is 18.2. The molecular formula is C16H23Cl2NO2. The quantitative estimate of drug-likeness (QED) is 0.820. The highest BCUT2D eigenvalue weighted by atomic mass is 35.5. The summed E-state index contributed by atoms with van der Waals surface area (Å²) in [5.74, 6) is 0.748. The van der Waals surface area contributed by atoms with Crippen LogP contribution in [0.5, 0.6) is 5.75 Å². The molecule has 2 rings (SSSR count). The van der Waals surface area contributed by atoms with Crippen molar-refractivity contribution in [2.75, 3.05) is 19.8 Å². The van der Waals surface area contributed by atoms with E-state index in [2.05, 4.69) is 19.2 Å². The zero-order valence-corrected chi connectivity index (χ0v) is 14.1. The van der Waals surface area contributed by atoms with Crippen LogP contribution >= 0.6 is 23.2 Å². The van der Waals surface area contributed by atoms with Gasteiger partial charge in [0.25, 0.3) is 0 Å². The Morgan fingerprint density at radius 1 is 1.38 bits per heavy atom. The van der Waals surface area contributed by atoms with Gasteiger partial charge in [-0.1, -0.05) is 37.0 Å². The molecule has 0 aliphatic carbocycles. The maximum absolute atomic E-state index is 8.97. The van der Waals surface area contributed by atoms with Gasteiger partial charge in [-0.25, -0.2) is 0 Å². The van der Waals surface area contributed by atoms with Crippen molar-refractivity contribution in [3.63, 3.8) is 0 Å². The van der Waals surface area contributed by atoms with Crippen molar-refractivity contribution in [2.45, 2.75) is 39.2 Å². The zero-order valence-electron chi connectivity index (χ0n) is 12.6. The number of fused-ring (bicyclic) bond motifs is 1. The number of aliphatic hydroxyl groups is 1. The van der Waals surface area contributed by atoms with Crippen LogP contribution in [0.25, 0.3) is 0 Å². The van der Waals surface area contributed by atoms with Gasteiger partial charge in [-0.05, 0) is 30.4 Å². The molecule has 1 atom stereocenters. The Bertz CT molecular complexity index is 491. The van der Waals surface area contributed by atoms with Gasteiger partial charge in [-0.3, -0.25) is 0 Å². The Morgan fingerprint density at radius 3 is 2.86 bits per heavy atom. The van der Waals surface area contributed by atoms with Gasteiger partial charge in [0, 0.05) is 36.2 Å². The Balaban J connectivity index is 2.07. The largest absolute Gasteiger partial charge is 0.492 e. The smallest absolute Gasteiger partial charge is 0.142 e. The van der Waals surface area contributed by atoms with Crippen LogP contribution in [0.4, 0.5) is 0 Å². The third-order valence-electron chi connectivity index (χ3n) is 3.90. The molecule has 5 heteroatoms. The monoisotopic (exact) mass is 331 g/mol. The summed E-state index contributed by atoms with van der Waals surface area (Å²) in [6, 6.07) is 3.86. The lowest BCUT2D eigenvalue weighted by Crippen LogP contribution is -2.35. The molecule has 1 heterocycles. The van der Waals surface area contributed by atoms with E-state index in [-0.39, 0.29) is 18.1 Å². The number of nitrogens with one attached hydrogen (secondary N) is 1. The Morgan fingerprint density at radius 2 is 2.14 bits per heavy atom. The minimum atomic E-state index is 0.142. The van der Waals surface area contributed by atoms with Crippen molar-refractivity contribution in [2.24, 2.45) is 5.41 Å². The first kappa shape index (κ1) is 16.9. The molecule has 118 valence electrons. The van der Waals surface area contributed by atoms with Gasteiger partial charge in [-0.15, -0.1) is 0 Å². The summed E-state index contributed by atoms with van der Waals surface area (Å²) in [4.78, 5) is 0. The molecule has 0 spiro atoms. The average Bonchev–Trinajstić information content (AvgIpc) is 2.43. The Kier molecular flexibility index (Phi) is 5.78. The molecule has 0 aromatic heterocycles. The molecule has 0 fully saturated rings. The molecule has 1 aliphatic heterocycles. The third kappa shape index (κ3) is 4.49. The van der Waals surface area contributed by atoms with E-state index in [9.17, 15) is 0 Å². The molecule has 2 N–H and O–H groups in total. The minimum Gasteiger partial charge on any atom is -0.492 e. The molecule has 1 aromatic rings. The summed E-state index contributed by atoms with van der Waals surface area (Å²) in [6.07, 6.45) is 2.72. The van der Waals surface area contributed by atoms with Gasteiger partial charge >= 0.3 is 0 Å². The number of ether oxygens (including phenoxy) is 1. The van der Waals surface area contributed by atoms with Crippen molar-refractivity contribution in [3.05, 3.63) is 27.7 Å². The van der Waals surface area contributed by atoms with Crippen LogP contribution in [0.3, 0.4) is 0 Å². The molecule has 0 saturated carbocycles. The highest BCUT2D eigenvalue weighted by molar-refractivity contribution is 6.35. The number of rotatable bonds is 6. The predicted octanol–water partition coefficient (Wildman–Crippen LogP) is 4.21. The maximum atomic E-state index is 8.97. The van der Waals surface area contributed by atoms with Crippen LogP contribution < -0.4 is 10.1 Å². The van der Waals surface area contributed by atoms with Crippen molar-refractivity contribution in [1.29, 1.82) is 0 Å². The minimum absolute atomic E-state index is 0.142. The van der Waals surface area contributed by atoms with E-state index in [1.807, 2.05) is 6.07 Å². The summed E-state index contributed by atoms with van der Waals surface area (Å²) >= 11 is 12.3. The van der Waals surface area contributed by atoms with Gasteiger partial charge in [0.15, 0.2) is 0 Å². The van der Waals surface area contributed by atoms with Crippen LogP contribution in [0.15, 0.2) is 12.1 Å². The summed E-state index contributed by atoms with van der Waals surface area (Å²) < 4.78 is 5.67. The van der Waals surface area contributed by atoms with Crippen LogP contribution in [0, 0.1) is 5.41 Å². The van der Waals surface area contributed by atoms with E-state index < -0.39 is 0 Å². The molecule has 1 unspecified atom stereocenters. The number of hydrogen-bond donors (Lipinski definition) is 2. The van der Waals surface area contributed by atoms with Crippen LogP contribution in [0.2, 0.25) is 10.0 Å². The maximum Gasteiger partial charge on any atom is 0.142 e. The van der Waals surface area contributed by atoms with Crippen LogP contribution in [-0.4, -0.2) is 24.9 Å². The SMILES string of the molecule is CC(C)(CCCO)CNC1CCOc2c(Cl)cc(Cl)cc21. The number of hydrogen-bond acceptors (Lipinski definition) is 3. The average molecular weight is 332 g/mol. The van der Waals surface area contributed by atoms with Crippen molar-refractivity contribution in [3.8, 4) is 5.75 Å². The van der Waals surface area contributed by atoms with E-state index in [1.165, 1.54) is 0 Å². The van der Waals surface area contributed by atoms with Gasteiger partial charge in [0.2, 0.25) is 0 Å². The van der Waals surface area contributed by atoms with E-state index in [0.717, 1.165) is 37.1 Å². The first-order valence-corrected chi connectivity index (χ1v) is 8.14. The van der Waals surface area contributed by atoms with Crippen LogP contribution in [0.1, 0.15) is 44.7 Å². The molecule has 0 saturated heterocycles. The first-order chi connectivity index (χ1) is 9.93. The summed E-state index contributed by atoms with van der Waals surface area (Å²) in [5, 5.41) is 13.8. The van der Waals surface area contributed by atoms with E-state index in [1.54, 1.807) is 6.07 Å². The van der Waals surface area contributed by atoms with Crippen molar-refractivity contribution in [1.82, 2.24) is 5.32 Å². The highest BCUT2D eigenvalue weighted by Crippen LogP contribution is 2.40. The molecule has 1 aliphatic rings. The standard InChI is InChI=1S/C16H23Cl2NO2/c1-16(2,5-3-6-20)10-19-14-4-7-21-15-12(14)8-11(17)9-13(15)18/h8-9,14,19-20H,3-7,10H2,1-2H3. The number of aliphatic hydroxyl groups excluding tert-OH is 1. The number of benzene rings is 1. The molecule has 1 aromatic carbocycles. The third-order valence-corrected chi connectivity index (χ3v) is 4.40. The lowest BCUT2D eigenvalue weighted by atomic mass is 9.87. The molecule has 21 heavy (non-hydrogen) atoms. The fourth-order valence-electron chi connectivity index (χ4n) is 2.68. The molecule has 0 amide bonds. The van der Waals surface area contributed by atoms with E-state index in [0.29, 0.717) is 16.7 Å². The van der Waals surface area contributed by atoms with Crippen molar-refractivity contribution < 1.29 is 9.84 Å². The fourth-order valence-corrected chi connectivity index (χ4v) is 3.25. The topological polar surface area (TPSA) is 41.5 Å². The Hall–Kier alpha value is -0.480. The van der Waals surface area contributed by atoms with E-state index in [4.69, 9.17) is 33.0 Å². The fraction of sp³-hybridized carbons (Fsp3) is 0.625. The molecule has 0 radical (unpaired) electrons. The van der Waals surface area contributed by atoms with Gasteiger partial charge in [-0.2, -0.15) is 0 Å². The lowest BCUT2D eigenvalue weighted by molar-refractivity contribution is 0.214. The predicted molar refractivity (Wildman–Crippen MR) is 87.4 cm³/mol. The molecular weight excluding hydrogens is 309 g/mol. The number of halogens is 2. The lowest BCUT2D eigenvalue weighted by Gasteiger charge is -2.32. The summed E-state index contributed by atoms with van der Waals surface area (Å²) in [5.41, 5.74) is 1.18. The van der Waals surface area contributed by atoms with E-state index >= 15 is 0 Å². The van der Waals surface area contributed by atoms with Gasteiger partial charge in [0.05, 0.1) is 11.6 Å². The summed E-state index contributed by atoms with van der Waals surface area (Å²) in [7, 11) is 0. The Labute approximate surface area is 136 Å². The van der Waals surface area contributed by atoms with Crippen molar-refractivity contribution >= 4 is 23.2 Å². The van der Waals surface area contributed by atoms with Crippen LogP contribution in [-0.2, 0) is 0 Å². The van der Waals surface area contributed by atoms with Gasteiger partial charge < -0.3 is 15.2 Å². The second-order valence-electron chi connectivity index (χ2n) is 6.37. The second kappa shape index (κ2) is 7.19. The highest BCUT2D eigenvalue weighted by Gasteiger charge is 2.26. The first-order valence-electron chi connectivity index (χ1n) is 7.39. The molecule has 3 nitrogen and oxygen atoms in total. The summed E-state index contributed by atoms with van der Waals surface area (Å²) in [6.45, 7) is 6.20. The zero-order chi connectivity index (χ0) is 15.5. The van der Waals surface area contributed by atoms with Gasteiger partial charge in [0.1, 0.15) is 5.75 Å². The second-order valence-corrected chi connectivity index (χ2v) is 7.21. The molecule has 0 bridgehead atoms.